The number of carbonyl (C=O) groups is 1. The number of nitrogens with two attached hydrogens (primary N) is 1. The highest BCUT2D eigenvalue weighted by Gasteiger charge is 2.24. The lowest BCUT2D eigenvalue weighted by molar-refractivity contribution is 0.0438. The summed E-state index contributed by atoms with van der Waals surface area (Å²) in [7, 11) is 0. The van der Waals surface area contributed by atoms with E-state index < -0.39 is 52.7 Å². The summed E-state index contributed by atoms with van der Waals surface area (Å²) in [6.45, 7) is 1.41. The fraction of sp³-hybridized carbons (Fsp3) is 0.130. The number of aromatic nitrogens is 1. The number of carbonyl (C=O) groups excluding carboxylic acids is 1. The van der Waals surface area contributed by atoms with Crippen molar-refractivity contribution in [1.29, 1.82) is 0 Å². The Balaban J connectivity index is 2.07. The van der Waals surface area contributed by atoms with E-state index in [9.17, 15) is 18.0 Å². The summed E-state index contributed by atoms with van der Waals surface area (Å²) in [5.41, 5.74) is 5.90. The van der Waals surface area contributed by atoms with E-state index in [1.807, 2.05) is 22.6 Å². The first kappa shape index (κ1) is 25.3. The molecule has 0 unspecified atom stereocenters. The molecule has 4 N–H and O–H groups in total. The number of hydroxylamine groups is 1. The van der Waals surface area contributed by atoms with Gasteiger partial charge in [-0.15, -0.1) is 5.92 Å². The van der Waals surface area contributed by atoms with Gasteiger partial charge in [0, 0.05) is 16.2 Å². The lowest BCUT2D eigenvalue weighted by Gasteiger charge is -2.17. The SMILES string of the molecule is CC#CCONC(=O)c1cc(Cc2ccnc(N)c2F)c(F)c(F)c1Nc1ccc(I)cc1F. The van der Waals surface area contributed by atoms with E-state index in [1.54, 1.807) is 6.92 Å². The lowest BCUT2D eigenvalue weighted by Crippen LogP contribution is -2.26. The van der Waals surface area contributed by atoms with Crippen LogP contribution in [-0.4, -0.2) is 17.5 Å². The molecule has 1 heterocycles. The Morgan fingerprint density at radius 2 is 1.88 bits per heavy atom. The molecular formula is C23H17F4IN4O2. The van der Waals surface area contributed by atoms with Crippen LogP contribution in [0.5, 0.6) is 0 Å². The van der Waals surface area contributed by atoms with Gasteiger partial charge < -0.3 is 11.1 Å². The van der Waals surface area contributed by atoms with Gasteiger partial charge in [-0.25, -0.2) is 28.0 Å². The Hall–Kier alpha value is -3.37. The zero-order valence-electron chi connectivity index (χ0n) is 17.6. The first-order valence-electron chi connectivity index (χ1n) is 9.66. The minimum absolute atomic E-state index is 0.0592. The number of hydrogen-bond donors (Lipinski definition) is 3. The molecule has 0 saturated heterocycles. The Bertz CT molecular complexity index is 1310. The second-order valence-corrected chi connectivity index (χ2v) is 8.07. The average Bonchev–Trinajstić information content (AvgIpc) is 2.80. The number of hydrogen-bond acceptors (Lipinski definition) is 5. The molecule has 0 aliphatic heterocycles. The van der Waals surface area contributed by atoms with Crippen LogP contribution in [0.15, 0.2) is 36.5 Å². The van der Waals surface area contributed by atoms with Gasteiger partial charge in [0.2, 0.25) is 0 Å². The quantitative estimate of drug-likeness (QED) is 0.122. The van der Waals surface area contributed by atoms with Gasteiger partial charge in [0.1, 0.15) is 12.4 Å². The van der Waals surface area contributed by atoms with Gasteiger partial charge in [0.05, 0.1) is 16.9 Å². The van der Waals surface area contributed by atoms with Crippen molar-refractivity contribution in [3.05, 3.63) is 80.1 Å². The molecule has 3 rings (SSSR count). The molecular weight excluding hydrogens is 567 g/mol. The minimum atomic E-state index is -1.46. The molecule has 0 fully saturated rings. The molecule has 1 amide bonds. The van der Waals surface area contributed by atoms with Gasteiger partial charge in [-0.1, -0.05) is 5.92 Å². The van der Waals surface area contributed by atoms with Crippen molar-refractivity contribution in [3.63, 3.8) is 0 Å². The molecule has 0 aliphatic carbocycles. The molecule has 0 atom stereocenters. The molecule has 11 heteroatoms. The monoisotopic (exact) mass is 584 g/mol. The van der Waals surface area contributed by atoms with Crippen molar-refractivity contribution in [1.82, 2.24) is 10.5 Å². The smallest absolute Gasteiger partial charge is 0.277 e. The van der Waals surface area contributed by atoms with E-state index in [0.717, 1.165) is 6.07 Å². The van der Waals surface area contributed by atoms with Gasteiger partial charge in [0.25, 0.3) is 5.91 Å². The van der Waals surface area contributed by atoms with Crippen LogP contribution in [0.2, 0.25) is 0 Å². The van der Waals surface area contributed by atoms with Crippen LogP contribution in [0, 0.1) is 38.7 Å². The van der Waals surface area contributed by atoms with E-state index in [2.05, 4.69) is 27.6 Å². The number of nitrogen functional groups attached to an aromatic ring is 1. The second kappa shape index (κ2) is 11.2. The highest BCUT2D eigenvalue weighted by molar-refractivity contribution is 14.1. The summed E-state index contributed by atoms with van der Waals surface area (Å²) in [4.78, 5) is 21.2. The fourth-order valence-electron chi connectivity index (χ4n) is 2.94. The van der Waals surface area contributed by atoms with Crippen molar-refractivity contribution in [2.75, 3.05) is 17.7 Å². The van der Waals surface area contributed by atoms with E-state index in [4.69, 9.17) is 10.6 Å². The standard InChI is InChI=1S/C23H17F4IN4O2/c1-2-3-8-34-32-23(33)15-10-13(9-12-6-7-30-22(29)19(12)26)18(25)20(27)21(15)31-17-5-4-14(28)11-16(17)24/h4-7,10-11,31H,8-9H2,1H3,(H2,29,30)(H,32,33). The molecule has 0 saturated carbocycles. The molecule has 0 radical (unpaired) electrons. The number of nitrogens with one attached hydrogen (secondary N) is 2. The van der Waals surface area contributed by atoms with Crippen molar-refractivity contribution in [3.8, 4) is 11.8 Å². The van der Waals surface area contributed by atoms with Crippen LogP contribution < -0.4 is 16.5 Å². The minimum Gasteiger partial charge on any atom is -0.381 e. The average molecular weight is 584 g/mol. The van der Waals surface area contributed by atoms with Crippen LogP contribution >= 0.6 is 22.6 Å². The maximum absolute atomic E-state index is 15.2. The zero-order valence-corrected chi connectivity index (χ0v) is 19.8. The molecule has 6 nitrogen and oxygen atoms in total. The number of pyridine rings is 1. The van der Waals surface area contributed by atoms with Crippen LogP contribution in [0.4, 0.5) is 34.8 Å². The largest absolute Gasteiger partial charge is 0.381 e. The first-order valence-corrected chi connectivity index (χ1v) is 10.7. The summed E-state index contributed by atoms with van der Waals surface area (Å²) in [6, 6.07) is 6.30. The Labute approximate surface area is 206 Å². The predicted octanol–water partition coefficient (Wildman–Crippen LogP) is 4.84. The number of benzene rings is 2. The van der Waals surface area contributed by atoms with Crippen molar-refractivity contribution >= 4 is 45.7 Å². The molecule has 176 valence electrons. The third-order valence-corrected chi connectivity index (χ3v) is 5.25. The molecule has 0 aliphatic rings. The Morgan fingerprint density at radius 3 is 2.59 bits per heavy atom. The fourth-order valence-corrected chi connectivity index (χ4v) is 3.40. The zero-order chi connectivity index (χ0) is 24.8. The predicted molar refractivity (Wildman–Crippen MR) is 127 cm³/mol. The number of anilines is 3. The van der Waals surface area contributed by atoms with Gasteiger partial charge in [-0.05, 0) is 71.0 Å². The topological polar surface area (TPSA) is 89.3 Å². The highest BCUT2D eigenvalue weighted by Crippen LogP contribution is 2.32. The normalized spacial score (nSPS) is 10.4. The van der Waals surface area contributed by atoms with Crippen LogP contribution in [0.3, 0.4) is 0 Å². The van der Waals surface area contributed by atoms with E-state index in [-0.39, 0.29) is 23.4 Å². The van der Waals surface area contributed by atoms with Gasteiger partial charge in [-0.2, -0.15) is 0 Å². The highest BCUT2D eigenvalue weighted by atomic mass is 127. The van der Waals surface area contributed by atoms with Crippen molar-refractivity contribution in [2.45, 2.75) is 13.3 Å². The molecule has 1 aromatic heterocycles. The lowest BCUT2D eigenvalue weighted by atomic mass is 10.00. The third-order valence-electron chi connectivity index (χ3n) is 4.58. The van der Waals surface area contributed by atoms with Crippen LogP contribution in [0.1, 0.15) is 28.4 Å². The number of rotatable bonds is 7. The number of halogens is 5. The van der Waals surface area contributed by atoms with E-state index in [1.165, 1.54) is 30.5 Å². The van der Waals surface area contributed by atoms with Crippen molar-refractivity contribution < 1.29 is 27.2 Å². The van der Waals surface area contributed by atoms with Crippen molar-refractivity contribution in [2.24, 2.45) is 0 Å². The molecule has 0 bridgehead atoms. The molecule has 0 spiro atoms. The maximum atomic E-state index is 15.2. The van der Waals surface area contributed by atoms with Gasteiger partial charge >= 0.3 is 0 Å². The van der Waals surface area contributed by atoms with E-state index in [0.29, 0.717) is 3.57 Å². The second-order valence-electron chi connectivity index (χ2n) is 6.83. The van der Waals surface area contributed by atoms with Crippen LogP contribution in [-0.2, 0) is 11.3 Å². The summed E-state index contributed by atoms with van der Waals surface area (Å²) in [5.74, 6) is -0.702. The maximum Gasteiger partial charge on any atom is 0.277 e. The Morgan fingerprint density at radius 1 is 1.12 bits per heavy atom. The number of nitrogens with zero attached hydrogens (tertiary/aromatic N) is 1. The Kier molecular flexibility index (Phi) is 8.30. The molecule has 3 aromatic rings. The van der Waals surface area contributed by atoms with Gasteiger partial charge in [-0.3, -0.25) is 9.63 Å². The molecule has 2 aromatic carbocycles. The third kappa shape index (κ3) is 5.75. The van der Waals surface area contributed by atoms with Crippen LogP contribution in [0.25, 0.3) is 0 Å². The summed E-state index contributed by atoms with van der Waals surface area (Å²) in [6.07, 6.45) is 0.787. The van der Waals surface area contributed by atoms with Gasteiger partial charge in [0.15, 0.2) is 23.3 Å². The molecule has 34 heavy (non-hydrogen) atoms. The summed E-state index contributed by atoms with van der Waals surface area (Å²) < 4.78 is 59.4. The first-order chi connectivity index (χ1) is 16.2. The summed E-state index contributed by atoms with van der Waals surface area (Å²) in [5, 5.41) is 2.43. The number of amides is 1. The van der Waals surface area contributed by atoms with E-state index >= 15 is 4.39 Å². The summed E-state index contributed by atoms with van der Waals surface area (Å²) >= 11 is 1.89.